The van der Waals surface area contributed by atoms with Crippen LogP contribution in [0.4, 0.5) is 0 Å². The molecule has 0 spiro atoms. The van der Waals surface area contributed by atoms with Gasteiger partial charge in [-0.2, -0.15) is 0 Å². The Hall–Kier alpha value is -0.940. The second-order valence-corrected chi connectivity index (χ2v) is 4.94. The highest BCUT2D eigenvalue weighted by molar-refractivity contribution is 7.07. The van der Waals surface area contributed by atoms with E-state index in [9.17, 15) is 4.79 Å². The lowest BCUT2D eigenvalue weighted by atomic mass is 9.97. The molecular formula is C11H16N2O2S. The van der Waals surface area contributed by atoms with Gasteiger partial charge in [-0.1, -0.05) is 6.42 Å². The van der Waals surface area contributed by atoms with E-state index in [2.05, 4.69) is 10.3 Å². The maximum Gasteiger partial charge on any atom is 0.270 e. The summed E-state index contributed by atoms with van der Waals surface area (Å²) < 4.78 is 0. The van der Waals surface area contributed by atoms with Crippen molar-refractivity contribution in [2.45, 2.75) is 19.3 Å². The lowest BCUT2D eigenvalue weighted by Crippen LogP contribution is -2.31. The molecule has 2 rings (SSSR count). The van der Waals surface area contributed by atoms with Crippen molar-refractivity contribution in [2.24, 2.45) is 11.8 Å². The van der Waals surface area contributed by atoms with E-state index in [0.717, 1.165) is 19.3 Å². The van der Waals surface area contributed by atoms with Gasteiger partial charge in [0.25, 0.3) is 5.91 Å². The van der Waals surface area contributed by atoms with Gasteiger partial charge in [0.05, 0.1) is 5.51 Å². The lowest BCUT2D eigenvalue weighted by Gasteiger charge is -2.17. The number of aliphatic hydroxyl groups excluding tert-OH is 1. The topological polar surface area (TPSA) is 62.2 Å². The molecule has 0 radical (unpaired) electrons. The molecule has 88 valence electrons. The number of carbonyl (C=O) groups is 1. The second-order valence-electron chi connectivity index (χ2n) is 4.22. The standard InChI is InChI=1S/C11H16N2O2S/c14-5-9-3-1-2-8(9)4-12-11(15)10-6-16-7-13-10/h6-9,14H,1-5H2,(H,12,15). The molecule has 2 N–H and O–H groups in total. The number of nitrogens with one attached hydrogen (secondary N) is 1. The van der Waals surface area contributed by atoms with Crippen molar-refractivity contribution < 1.29 is 9.90 Å². The molecule has 2 unspecified atom stereocenters. The Balaban J connectivity index is 1.81. The fourth-order valence-electron chi connectivity index (χ4n) is 2.26. The summed E-state index contributed by atoms with van der Waals surface area (Å²) in [7, 11) is 0. The summed E-state index contributed by atoms with van der Waals surface area (Å²) in [6.07, 6.45) is 3.33. The first-order valence-electron chi connectivity index (χ1n) is 5.58. The number of amides is 1. The number of nitrogens with zero attached hydrogens (tertiary/aromatic N) is 1. The van der Waals surface area contributed by atoms with Crippen molar-refractivity contribution in [3.8, 4) is 0 Å². The lowest BCUT2D eigenvalue weighted by molar-refractivity contribution is 0.0933. The summed E-state index contributed by atoms with van der Waals surface area (Å²) in [4.78, 5) is 15.6. The molecular weight excluding hydrogens is 224 g/mol. The van der Waals surface area contributed by atoms with Gasteiger partial charge in [-0.05, 0) is 24.7 Å². The maximum atomic E-state index is 11.6. The van der Waals surface area contributed by atoms with Crippen LogP contribution < -0.4 is 5.32 Å². The number of aromatic nitrogens is 1. The highest BCUT2D eigenvalue weighted by Gasteiger charge is 2.26. The average Bonchev–Trinajstić information content (AvgIpc) is 2.96. The first-order valence-corrected chi connectivity index (χ1v) is 6.52. The Morgan fingerprint density at radius 3 is 3.06 bits per heavy atom. The minimum atomic E-state index is -0.107. The molecule has 1 aliphatic rings. The quantitative estimate of drug-likeness (QED) is 0.833. The molecule has 1 aromatic rings. The highest BCUT2D eigenvalue weighted by atomic mass is 32.1. The fourth-order valence-corrected chi connectivity index (χ4v) is 2.79. The van der Waals surface area contributed by atoms with Crippen LogP contribution in [-0.4, -0.2) is 29.1 Å². The average molecular weight is 240 g/mol. The van der Waals surface area contributed by atoms with Crippen LogP contribution in [0.15, 0.2) is 10.9 Å². The molecule has 1 heterocycles. The highest BCUT2D eigenvalue weighted by Crippen LogP contribution is 2.30. The minimum Gasteiger partial charge on any atom is -0.396 e. The van der Waals surface area contributed by atoms with Gasteiger partial charge in [0.2, 0.25) is 0 Å². The first-order chi connectivity index (χ1) is 7.81. The monoisotopic (exact) mass is 240 g/mol. The molecule has 0 saturated heterocycles. The van der Waals surface area contributed by atoms with Gasteiger partial charge in [-0.25, -0.2) is 4.98 Å². The smallest absolute Gasteiger partial charge is 0.270 e. The number of thiazole rings is 1. The Kier molecular flexibility index (Phi) is 3.90. The van der Waals surface area contributed by atoms with E-state index in [-0.39, 0.29) is 12.5 Å². The molecule has 0 bridgehead atoms. The Bertz CT molecular complexity index is 340. The van der Waals surface area contributed by atoms with Crippen LogP contribution in [0.25, 0.3) is 0 Å². The SMILES string of the molecule is O=C(NCC1CCCC1CO)c1cscn1. The largest absolute Gasteiger partial charge is 0.396 e. The maximum absolute atomic E-state index is 11.6. The molecule has 16 heavy (non-hydrogen) atoms. The number of carbonyl (C=O) groups excluding carboxylic acids is 1. The van der Waals surface area contributed by atoms with Crippen LogP contribution in [0.2, 0.25) is 0 Å². The van der Waals surface area contributed by atoms with Crippen molar-refractivity contribution in [3.05, 3.63) is 16.6 Å². The summed E-state index contributed by atoms with van der Waals surface area (Å²) in [5.41, 5.74) is 2.14. The third kappa shape index (κ3) is 2.59. The second kappa shape index (κ2) is 5.41. The van der Waals surface area contributed by atoms with Gasteiger partial charge in [-0.15, -0.1) is 11.3 Å². The number of aliphatic hydroxyl groups is 1. The molecule has 1 aromatic heterocycles. The van der Waals surface area contributed by atoms with Crippen molar-refractivity contribution in [1.82, 2.24) is 10.3 Å². The molecule has 1 amide bonds. The number of hydrogen-bond donors (Lipinski definition) is 2. The van der Waals surface area contributed by atoms with Crippen molar-refractivity contribution in [2.75, 3.05) is 13.2 Å². The zero-order valence-electron chi connectivity index (χ0n) is 9.06. The van der Waals surface area contributed by atoms with Gasteiger partial charge >= 0.3 is 0 Å². The van der Waals surface area contributed by atoms with Crippen LogP contribution in [0.1, 0.15) is 29.8 Å². The third-order valence-electron chi connectivity index (χ3n) is 3.24. The predicted molar refractivity (Wildman–Crippen MR) is 62.4 cm³/mol. The van der Waals surface area contributed by atoms with Gasteiger partial charge in [0.1, 0.15) is 5.69 Å². The predicted octanol–water partition coefficient (Wildman–Crippen LogP) is 1.28. The summed E-state index contributed by atoms with van der Waals surface area (Å²) in [6.45, 7) is 0.888. The van der Waals surface area contributed by atoms with Crippen molar-refractivity contribution >= 4 is 17.2 Å². The molecule has 2 atom stereocenters. The summed E-state index contributed by atoms with van der Waals surface area (Å²) >= 11 is 1.42. The van der Waals surface area contributed by atoms with Crippen molar-refractivity contribution in [3.63, 3.8) is 0 Å². The zero-order chi connectivity index (χ0) is 11.4. The Morgan fingerprint density at radius 2 is 2.38 bits per heavy atom. The van der Waals surface area contributed by atoms with E-state index in [1.165, 1.54) is 11.3 Å². The normalized spacial score (nSPS) is 24.6. The molecule has 1 saturated carbocycles. The summed E-state index contributed by atoms with van der Waals surface area (Å²) in [5, 5.41) is 13.8. The molecule has 1 fully saturated rings. The van der Waals surface area contributed by atoms with E-state index >= 15 is 0 Å². The van der Waals surface area contributed by atoms with Gasteiger partial charge in [0, 0.05) is 18.5 Å². The van der Waals surface area contributed by atoms with E-state index < -0.39 is 0 Å². The zero-order valence-corrected chi connectivity index (χ0v) is 9.87. The van der Waals surface area contributed by atoms with Crippen molar-refractivity contribution in [1.29, 1.82) is 0 Å². The molecule has 4 nitrogen and oxygen atoms in total. The van der Waals surface area contributed by atoms with E-state index in [0.29, 0.717) is 24.1 Å². The Labute approximate surface area is 98.7 Å². The van der Waals surface area contributed by atoms with Crippen LogP contribution in [0.5, 0.6) is 0 Å². The van der Waals surface area contributed by atoms with Crippen LogP contribution in [0, 0.1) is 11.8 Å². The molecule has 1 aliphatic carbocycles. The van der Waals surface area contributed by atoms with Gasteiger partial charge in [0.15, 0.2) is 0 Å². The van der Waals surface area contributed by atoms with E-state index in [4.69, 9.17) is 5.11 Å². The number of rotatable bonds is 4. The third-order valence-corrected chi connectivity index (χ3v) is 3.83. The molecule has 0 aromatic carbocycles. The fraction of sp³-hybridized carbons (Fsp3) is 0.636. The van der Waals surface area contributed by atoms with Gasteiger partial charge < -0.3 is 10.4 Å². The van der Waals surface area contributed by atoms with E-state index in [1.54, 1.807) is 10.9 Å². The Morgan fingerprint density at radius 1 is 1.56 bits per heavy atom. The van der Waals surface area contributed by atoms with E-state index in [1.807, 2.05) is 0 Å². The van der Waals surface area contributed by atoms with Crippen LogP contribution in [0.3, 0.4) is 0 Å². The summed E-state index contributed by atoms with van der Waals surface area (Å²) in [5.74, 6) is 0.674. The van der Waals surface area contributed by atoms with Crippen LogP contribution >= 0.6 is 11.3 Å². The summed E-state index contributed by atoms with van der Waals surface area (Å²) in [6, 6.07) is 0. The number of hydrogen-bond acceptors (Lipinski definition) is 4. The molecule has 0 aliphatic heterocycles. The van der Waals surface area contributed by atoms with Gasteiger partial charge in [-0.3, -0.25) is 4.79 Å². The molecule has 5 heteroatoms. The first kappa shape index (κ1) is 11.5. The van der Waals surface area contributed by atoms with Crippen LogP contribution in [-0.2, 0) is 0 Å². The minimum absolute atomic E-state index is 0.107.